The molecule has 0 saturated heterocycles. The number of halogens is 2. The Balaban J connectivity index is 2.96. The molecule has 100 valence electrons. The zero-order chi connectivity index (χ0) is 13.5. The van der Waals surface area contributed by atoms with Crippen molar-refractivity contribution in [3.8, 4) is 11.5 Å². The van der Waals surface area contributed by atoms with Crippen LogP contribution >= 0.6 is 27.5 Å². The van der Waals surface area contributed by atoms with Crippen LogP contribution in [-0.4, -0.2) is 20.3 Å². The summed E-state index contributed by atoms with van der Waals surface area (Å²) >= 11 is 9.08. The zero-order valence-electron chi connectivity index (χ0n) is 10.5. The molecule has 0 amide bonds. The largest absolute Gasteiger partial charge is 0.493 e. The molecular formula is C13H17BrClNO2. The molecule has 18 heavy (non-hydrogen) atoms. The molecule has 2 N–H and O–H groups in total. The van der Waals surface area contributed by atoms with Gasteiger partial charge in [0.05, 0.1) is 11.6 Å². The minimum atomic E-state index is 0.425. The normalized spacial score (nSPS) is 11.5. The number of benzene rings is 1. The van der Waals surface area contributed by atoms with Gasteiger partial charge in [-0.1, -0.05) is 11.6 Å². The molecular weight excluding hydrogens is 318 g/mol. The highest BCUT2D eigenvalue weighted by atomic mass is 79.9. The van der Waals surface area contributed by atoms with Crippen molar-refractivity contribution in [2.75, 3.05) is 20.3 Å². The van der Waals surface area contributed by atoms with E-state index in [0.29, 0.717) is 24.7 Å². The molecule has 0 aliphatic rings. The summed E-state index contributed by atoms with van der Waals surface area (Å²) in [5.41, 5.74) is 9.10. The second-order valence-corrected chi connectivity index (χ2v) is 4.96. The van der Waals surface area contributed by atoms with Gasteiger partial charge < -0.3 is 15.2 Å². The highest BCUT2D eigenvalue weighted by molar-refractivity contribution is 9.10. The van der Waals surface area contributed by atoms with E-state index in [0.717, 1.165) is 22.0 Å². The lowest BCUT2D eigenvalue weighted by Gasteiger charge is -2.14. The Morgan fingerprint density at radius 3 is 2.78 bits per heavy atom. The van der Waals surface area contributed by atoms with Crippen LogP contribution in [0.5, 0.6) is 11.5 Å². The molecule has 0 fully saturated rings. The molecule has 1 rings (SSSR count). The Kier molecular flexibility index (Phi) is 6.54. The van der Waals surface area contributed by atoms with E-state index in [1.807, 2.05) is 19.1 Å². The van der Waals surface area contributed by atoms with Crippen LogP contribution in [-0.2, 0) is 6.42 Å². The van der Waals surface area contributed by atoms with E-state index in [2.05, 4.69) is 15.9 Å². The fraction of sp³-hybridized carbons (Fsp3) is 0.385. The average molecular weight is 335 g/mol. The van der Waals surface area contributed by atoms with E-state index >= 15 is 0 Å². The smallest absolute Gasteiger partial charge is 0.175 e. The Labute approximate surface area is 121 Å². The van der Waals surface area contributed by atoms with Crippen LogP contribution in [0.1, 0.15) is 12.5 Å². The minimum Gasteiger partial charge on any atom is -0.493 e. The maximum atomic E-state index is 5.69. The van der Waals surface area contributed by atoms with Gasteiger partial charge in [-0.25, -0.2) is 0 Å². The van der Waals surface area contributed by atoms with Gasteiger partial charge in [-0.2, -0.15) is 0 Å². The third-order valence-corrected chi connectivity index (χ3v) is 3.31. The second-order valence-electron chi connectivity index (χ2n) is 3.89. The van der Waals surface area contributed by atoms with Crippen LogP contribution in [0, 0.1) is 0 Å². The minimum absolute atomic E-state index is 0.425. The Bertz CT molecular complexity index is 435. The zero-order valence-corrected chi connectivity index (χ0v) is 12.8. The Morgan fingerprint density at radius 1 is 1.50 bits per heavy atom. The van der Waals surface area contributed by atoms with Gasteiger partial charge >= 0.3 is 0 Å². The summed E-state index contributed by atoms with van der Waals surface area (Å²) < 4.78 is 11.9. The van der Waals surface area contributed by atoms with E-state index < -0.39 is 0 Å². The Morgan fingerprint density at radius 2 is 2.22 bits per heavy atom. The number of rotatable bonds is 6. The second kappa shape index (κ2) is 7.67. The lowest BCUT2D eigenvalue weighted by molar-refractivity contribution is 0.317. The highest BCUT2D eigenvalue weighted by Gasteiger charge is 2.11. The van der Waals surface area contributed by atoms with Crippen LogP contribution in [0.2, 0.25) is 0 Å². The maximum Gasteiger partial charge on any atom is 0.175 e. The van der Waals surface area contributed by atoms with Crippen LogP contribution < -0.4 is 15.2 Å². The fourth-order valence-electron chi connectivity index (χ4n) is 1.44. The van der Waals surface area contributed by atoms with Crippen LogP contribution in [0.3, 0.4) is 0 Å². The van der Waals surface area contributed by atoms with Gasteiger partial charge in [0.25, 0.3) is 0 Å². The monoisotopic (exact) mass is 333 g/mol. The van der Waals surface area contributed by atoms with Gasteiger partial charge in [0.1, 0.15) is 6.61 Å². The number of methoxy groups -OCH3 is 1. The van der Waals surface area contributed by atoms with E-state index in [4.69, 9.17) is 26.8 Å². The first-order chi connectivity index (χ1) is 8.62. The summed E-state index contributed by atoms with van der Waals surface area (Å²) in [7, 11) is 1.62. The van der Waals surface area contributed by atoms with Crippen molar-refractivity contribution in [1.82, 2.24) is 0 Å². The quantitative estimate of drug-likeness (QED) is 0.866. The molecule has 5 heteroatoms. The predicted octanol–water partition coefficient (Wildman–Crippen LogP) is 3.48. The molecule has 0 radical (unpaired) electrons. The fourth-order valence-corrected chi connectivity index (χ4v) is 2.11. The number of hydrogen-bond donors (Lipinski definition) is 1. The van der Waals surface area contributed by atoms with Gasteiger partial charge in [0.15, 0.2) is 11.5 Å². The summed E-state index contributed by atoms with van der Waals surface area (Å²) in [6.07, 6.45) is 0.801. The first kappa shape index (κ1) is 15.3. The first-order valence-electron chi connectivity index (χ1n) is 5.57. The summed E-state index contributed by atoms with van der Waals surface area (Å²) in [5.74, 6) is 1.37. The summed E-state index contributed by atoms with van der Waals surface area (Å²) in [5, 5.41) is 0. The molecule has 0 unspecified atom stereocenters. The SMILES string of the molecule is COc1cc(CCN)cc(Br)c1OC/C(C)=C/Cl. The van der Waals surface area contributed by atoms with E-state index in [-0.39, 0.29) is 0 Å². The van der Waals surface area contributed by atoms with Crippen molar-refractivity contribution in [2.24, 2.45) is 5.73 Å². The summed E-state index contributed by atoms with van der Waals surface area (Å²) in [6.45, 7) is 2.93. The molecule has 3 nitrogen and oxygen atoms in total. The standard InChI is InChI=1S/C13H17BrClNO2/c1-9(7-15)8-18-13-11(14)5-10(3-4-16)6-12(13)17-2/h5-7H,3-4,8,16H2,1-2H3/b9-7+. The van der Waals surface area contributed by atoms with Crippen LogP contribution in [0.25, 0.3) is 0 Å². The van der Waals surface area contributed by atoms with Crippen molar-refractivity contribution in [3.63, 3.8) is 0 Å². The first-order valence-corrected chi connectivity index (χ1v) is 6.80. The molecule has 1 aromatic rings. The topological polar surface area (TPSA) is 44.5 Å². The van der Waals surface area contributed by atoms with Gasteiger partial charge in [-0.3, -0.25) is 0 Å². The molecule has 1 aromatic carbocycles. The van der Waals surface area contributed by atoms with Gasteiger partial charge in [-0.05, 0) is 59.1 Å². The van der Waals surface area contributed by atoms with E-state index in [9.17, 15) is 0 Å². The number of nitrogens with two attached hydrogens (primary N) is 1. The van der Waals surface area contributed by atoms with Crippen molar-refractivity contribution >= 4 is 27.5 Å². The lowest BCUT2D eigenvalue weighted by Crippen LogP contribution is -2.05. The predicted molar refractivity (Wildman–Crippen MR) is 78.6 cm³/mol. The third-order valence-electron chi connectivity index (χ3n) is 2.35. The van der Waals surface area contributed by atoms with E-state index in [1.165, 1.54) is 5.54 Å². The van der Waals surface area contributed by atoms with Gasteiger partial charge in [0.2, 0.25) is 0 Å². The summed E-state index contributed by atoms with van der Waals surface area (Å²) in [4.78, 5) is 0. The van der Waals surface area contributed by atoms with E-state index in [1.54, 1.807) is 7.11 Å². The van der Waals surface area contributed by atoms with Crippen molar-refractivity contribution in [3.05, 3.63) is 33.3 Å². The number of ether oxygens (including phenoxy) is 2. The van der Waals surface area contributed by atoms with Gasteiger partial charge in [0, 0.05) is 5.54 Å². The molecule has 0 aromatic heterocycles. The van der Waals surface area contributed by atoms with Crippen molar-refractivity contribution in [2.45, 2.75) is 13.3 Å². The van der Waals surface area contributed by atoms with Crippen molar-refractivity contribution in [1.29, 1.82) is 0 Å². The molecule has 0 aliphatic carbocycles. The van der Waals surface area contributed by atoms with Gasteiger partial charge in [-0.15, -0.1) is 0 Å². The molecule has 0 heterocycles. The molecule has 0 bridgehead atoms. The third kappa shape index (κ3) is 4.19. The maximum absolute atomic E-state index is 5.69. The summed E-state index contributed by atoms with van der Waals surface area (Å²) in [6, 6.07) is 3.93. The molecule has 0 spiro atoms. The lowest BCUT2D eigenvalue weighted by atomic mass is 10.1. The molecule has 0 saturated carbocycles. The molecule has 0 aliphatic heterocycles. The number of hydrogen-bond acceptors (Lipinski definition) is 3. The molecule has 0 atom stereocenters. The van der Waals surface area contributed by atoms with Crippen LogP contribution in [0.4, 0.5) is 0 Å². The van der Waals surface area contributed by atoms with Crippen molar-refractivity contribution < 1.29 is 9.47 Å². The van der Waals surface area contributed by atoms with Crippen LogP contribution in [0.15, 0.2) is 27.7 Å². The highest BCUT2D eigenvalue weighted by Crippen LogP contribution is 2.37. The Hall–Kier alpha value is -0.710. The average Bonchev–Trinajstić information content (AvgIpc) is 2.36.